The van der Waals surface area contributed by atoms with E-state index in [9.17, 15) is 4.79 Å². The summed E-state index contributed by atoms with van der Waals surface area (Å²) in [6, 6.07) is 0.314. The molecule has 2 fully saturated rings. The van der Waals surface area contributed by atoms with E-state index in [1.165, 1.54) is 0 Å². The minimum Gasteiger partial charge on any atom is -0.348 e. The van der Waals surface area contributed by atoms with E-state index in [-0.39, 0.29) is 6.03 Å². The van der Waals surface area contributed by atoms with Crippen LogP contribution in [0.15, 0.2) is 0 Å². The van der Waals surface area contributed by atoms with Crippen LogP contribution in [0.5, 0.6) is 0 Å². The Bertz CT molecular complexity index is 303. The van der Waals surface area contributed by atoms with Crippen LogP contribution in [0.2, 0.25) is 0 Å². The molecule has 0 unspecified atom stereocenters. The van der Waals surface area contributed by atoms with Crippen molar-refractivity contribution in [3.05, 3.63) is 0 Å². The fourth-order valence-electron chi connectivity index (χ4n) is 2.39. The molecule has 1 aliphatic carbocycles. The third-order valence-corrected chi connectivity index (χ3v) is 3.65. The lowest BCUT2D eigenvalue weighted by molar-refractivity contribution is -0.153. The summed E-state index contributed by atoms with van der Waals surface area (Å²) in [6.45, 7) is 8.17. The number of hydrogen-bond donors (Lipinski definition) is 2. The van der Waals surface area contributed by atoms with Gasteiger partial charge in [0.05, 0.1) is 13.2 Å². The molecule has 0 aromatic rings. The van der Waals surface area contributed by atoms with Crippen molar-refractivity contribution in [3.63, 3.8) is 0 Å². The van der Waals surface area contributed by atoms with Gasteiger partial charge in [0.2, 0.25) is 0 Å². The van der Waals surface area contributed by atoms with Crippen LogP contribution in [0, 0.1) is 11.8 Å². The van der Waals surface area contributed by atoms with Gasteiger partial charge in [0.25, 0.3) is 0 Å². The number of carbonyl (C=O) groups is 1. The lowest BCUT2D eigenvalue weighted by atomic mass is 10.0. The van der Waals surface area contributed by atoms with Crippen molar-refractivity contribution in [3.8, 4) is 0 Å². The molecule has 0 radical (unpaired) electrons. The van der Waals surface area contributed by atoms with E-state index in [2.05, 4.69) is 24.5 Å². The van der Waals surface area contributed by atoms with Gasteiger partial charge in [-0.15, -0.1) is 0 Å². The Morgan fingerprint density at radius 2 is 2.06 bits per heavy atom. The van der Waals surface area contributed by atoms with Crippen molar-refractivity contribution < 1.29 is 14.3 Å². The van der Waals surface area contributed by atoms with Crippen LogP contribution in [-0.4, -0.2) is 37.6 Å². The van der Waals surface area contributed by atoms with Gasteiger partial charge in [-0.05, 0) is 25.2 Å². The molecule has 0 spiro atoms. The van der Waals surface area contributed by atoms with E-state index in [0.717, 1.165) is 12.8 Å². The monoisotopic (exact) mass is 256 g/mol. The van der Waals surface area contributed by atoms with Crippen molar-refractivity contribution in [2.24, 2.45) is 11.8 Å². The molecule has 5 nitrogen and oxygen atoms in total. The zero-order valence-corrected chi connectivity index (χ0v) is 11.5. The van der Waals surface area contributed by atoms with E-state index in [4.69, 9.17) is 9.47 Å². The first-order valence-corrected chi connectivity index (χ1v) is 6.81. The average Bonchev–Trinajstić information content (AvgIpc) is 2.80. The minimum absolute atomic E-state index is 0.0605. The van der Waals surface area contributed by atoms with Crippen LogP contribution in [0.3, 0.4) is 0 Å². The molecule has 3 atom stereocenters. The lowest BCUT2D eigenvalue weighted by Gasteiger charge is -2.26. The summed E-state index contributed by atoms with van der Waals surface area (Å²) < 4.78 is 11.1. The topological polar surface area (TPSA) is 59.6 Å². The molecule has 2 amide bonds. The van der Waals surface area contributed by atoms with E-state index in [1.54, 1.807) is 0 Å². The third kappa shape index (κ3) is 3.85. The normalized spacial score (nSPS) is 30.8. The van der Waals surface area contributed by atoms with Crippen molar-refractivity contribution in [2.75, 3.05) is 19.8 Å². The molecule has 0 aromatic heterocycles. The van der Waals surface area contributed by atoms with Crippen LogP contribution >= 0.6 is 0 Å². The number of rotatable bonds is 5. The third-order valence-electron chi connectivity index (χ3n) is 3.65. The Morgan fingerprint density at radius 1 is 1.44 bits per heavy atom. The number of nitrogens with one attached hydrogen (secondary N) is 2. The van der Waals surface area contributed by atoms with Gasteiger partial charge < -0.3 is 20.1 Å². The number of urea groups is 1. The van der Waals surface area contributed by atoms with Crippen molar-refractivity contribution in [1.29, 1.82) is 0 Å². The summed E-state index contributed by atoms with van der Waals surface area (Å²) in [4.78, 5) is 11.6. The van der Waals surface area contributed by atoms with Crippen molar-refractivity contribution in [2.45, 2.75) is 45.4 Å². The molecule has 0 bridgehead atoms. The highest BCUT2D eigenvalue weighted by Crippen LogP contribution is 2.29. The summed E-state index contributed by atoms with van der Waals surface area (Å²) in [5.74, 6) is 0.491. The van der Waals surface area contributed by atoms with Gasteiger partial charge in [-0.25, -0.2) is 4.79 Å². The SMILES string of the molecule is C[C@H](CNC(=O)N[C@H]1C[C@@H]1C)CC1(C)OCCO1. The summed E-state index contributed by atoms with van der Waals surface area (Å²) >= 11 is 0. The largest absolute Gasteiger partial charge is 0.348 e. The Hall–Kier alpha value is -0.810. The van der Waals surface area contributed by atoms with Gasteiger partial charge in [-0.2, -0.15) is 0 Å². The summed E-state index contributed by atoms with van der Waals surface area (Å²) in [5.41, 5.74) is 0. The first-order valence-electron chi connectivity index (χ1n) is 6.81. The standard InChI is InChI=1S/C13H24N2O3/c1-9(7-13(3)17-4-5-18-13)8-14-12(16)15-11-6-10(11)2/h9-11H,4-8H2,1-3H3,(H2,14,15,16)/t9-,10-,11-/m0/s1. The highest BCUT2D eigenvalue weighted by atomic mass is 16.7. The first-order chi connectivity index (χ1) is 8.48. The molecule has 5 heteroatoms. The molecule has 2 N–H and O–H groups in total. The van der Waals surface area contributed by atoms with Crippen LogP contribution in [0.4, 0.5) is 4.79 Å². The molecule has 104 valence electrons. The molecular formula is C13H24N2O3. The molecule has 2 rings (SSSR count). The maximum absolute atomic E-state index is 11.6. The summed E-state index contributed by atoms with van der Waals surface area (Å²) in [6.07, 6.45) is 1.90. The quantitative estimate of drug-likeness (QED) is 0.783. The van der Waals surface area contributed by atoms with E-state index in [1.807, 2.05) is 6.92 Å². The Kier molecular flexibility index (Phi) is 4.12. The van der Waals surface area contributed by atoms with Crippen LogP contribution in [0.1, 0.15) is 33.6 Å². The van der Waals surface area contributed by atoms with E-state index < -0.39 is 5.79 Å². The molecule has 18 heavy (non-hydrogen) atoms. The fraction of sp³-hybridized carbons (Fsp3) is 0.923. The van der Waals surface area contributed by atoms with Crippen LogP contribution in [0.25, 0.3) is 0 Å². The maximum atomic E-state index is 11.6. The number of amides is 2. The summed E-state index contributed by atoms with van der Waals surface area (Å²) in [5, 5.41) is 5.85. The minimum atomic E-state index is -0.470. The fourth-order valence-corrected chi connectivity index (χ4v) is 2.39. The maximum Gasteiger partial charge on any atom is 0.315 e. The molecule has 1 saturated carbocycles. The smallest absolute Gasteiger partial charge is 0.315 e. The lowest BCUT2D eigenvalue weighted by Crippen LogP contribution is -2.40. The average molecular weight is 256 g/mol. The first kappa shape index (κ1) is 13.6. The van der Waals surface area contributed by atoms with Crippen molar-refractivity contribution >= 4 is 6.03 Å². The number of carbonyl (C=O) groups excluding carboxylic acids is 1. The molecule has 1 saturated heterocycles. The van der Waals surface area contributed by atoms with Gasteiger partial charge in [0.15, 0.2) is 5.79 Å². The second kappa shape index (κ2) is 5.45. The highest BCUT2D eigenvalue weighted by Gasteiger charge is 2.34. The number of hydrogen-bond acceptors (Lipinski definition) is 3. The second-order valence-electron chi connectivity index (χ2n) is 5.81. The Morgan fingerprint density at radius 3 is 2.61 bits per heavy atom. The Balaban J connectivity index is 1.61. The zero-order valence-electron chi connectivity index (χ0n) is 11.5. The van der Waals surface area contributed by atoms with Crippen molar-refractivity contribution in [1.82, 2.24) is 10.6 Å². The predicted octanol–water partition coefficient (Wildman–Crippen LogP) is 1.48. The molecule has 1 heterocycles. The summed E-state index contributed by atoms with van der Waals surface area (Å²) in [7, 11) is 0. The highest BCUT2D eigenvalue weighted by molar-refractivity contribution is 5.74. The van der Waals surface area contributed by atoms with Gasteiger partial charge >= 0.3 is 6.03 Å². The van der Waals surface area contributed by atoms with Gasteiger partial charge in [-0.3, -0.25) is 0 Å². The van der Waals surface area contributed by atoms with Gasteiger partial charge in [-0.1, -0.05) is 13.8 Å². The molecule has 1 aliphatic heterocycles. The predicted molar refractivity (Wildman–Crippen MR) is 68.2 cm³/mol. The van der Waals surface area contributed by atoms with Crippen LogP contribution in [-0.2, 0) is 9.47 Å². The zero-order chi connectivity index (χ0) is 13.2. The van der Waals surface area contributed by atoms with Gasteiger partial charge in [0, 0.05) is 19.0 Å². The second-order valence-corrected chi connectivity index (χ2v) is 5.81. The molecule has 0 aromatic carbocycles. The Labute approximate surface area is 109 Å². The molecule has 2 aliphatic rings. The van der Waals surface area contributed by atoms with E-state index >= 15 is 0 Å². The van der Waals surface area contributed by atoms with Crippen LogP contribution < -0.4 is 10.6 Å². The molecular weight excluding hydrogens is 232 g/mol. The van der Waals surface area contributed by atoms with E-state index in [0.29, 0.717) is 37.6 Å². The number of ether oxygens (including phenoxy) is 2. The van der Waals surface area contributed by atoms with Gasteiger partial charge in [0.1, 0.15) is 0 Å².